The first-order valence-corrected chi connectivity index (χ1v) is 7.75. The van der Waals surface area contributed by atoms with Gasteiger partial charge in [-0.1, -0.05) is 18.5 Å². The molecule has 0 bridgehead atoms. The van der Waals surface area contributed by atoms with E-state index in [2.05, 4.69) is 15.7 Å². The van der Waals surface area contributed by atoms with Gasteiger partial charge in [0.2, 0.25) is 0 Å². The number of carbonyl (C=O) groups is 2. The number of hydrogen-bond acceptors (Lipinski definition) is 4. The van der Waals surface area contributed by atoms with Crippen LogP contribution < -0.4 is 16.2 Å². The standard InChI is InChI=1S/C16H17ClN4O3/c1-3-8-21-14(22)7-6-12(20-21)16(24)19-13-9-10(15(23)18-2)4-5-11(13)17/h4-7,9H,3,8H2,1-2H3,(H,18,23)(H,19,24). The van der Waals surface area contributed by atoms with Crippen LogP contribution in [0.25, 0.3) is 0 Å². The second-order valence-electron chi connectivity index (χ2n) is 5.01. The summed E-state index contributed by atoms with van der Waals surface area (Å²) in [6.45, 7) is 2.33. The normalized spacial score (nSPS) is 10.3. The van der Waals surface area contributed by atoms with E-state index in [0.717, 1.165) is 6.42 Å². The van der Waals surface area contributed by atoms with Gasteiger partial charge in [-0.15, -0.1) is 0 Å². The van der Waals surface area contributed by atoms with E-state index < -0.39 is 5.91 Å². The molecule has 2 rings (SSSR count). The lowest BCUT2D eigenvalue weighted by Gasteiger charge is -2.10. The van der Waals surface area contributed by atoms with Crippen LogP contribution in [0.1, 0.15) is 34.2 Å². The number of rotatable bonds is 5. The van der Waals surface area contributed by atoms with Crippen molar-refractivity contribution in [1.82, 2.24) is 15.1 Å². The summed E-state index contributed by atoms with van der Waals surface area (Å²) >= 11 is 6.06. The van der Waals surface area contributed by atoms with Gasteiger partial charge in [0.15, 0.2) is 0 Å². The fraction of sp³-hybridized carbons (Fsp3) is 0.250. The van der Waals surface area contributed by atoms with E-state index >= 15 is 0 Å². The molecule has 0 unspecified atom stereocenters. The molecule has 24 heavy (non-hydrogen) atoms. The Balaban J connectivity index is 2.28. The lowest BCUT2D eigenvalue weighted by Crippen LogP contribution is -2.26. The van der Waals surface area contributed by atoms with Crippen molar-refractivity contribution in [3.63, 3.8) is 0 Å². The van der Waals surface area contributed by atoms with Crippen molar-refractivity contribution < 1.29 is 9.59 Å². The third-order valence-corrected chi connectivity index (χ3v) is 3.57. The molecule has 0 saturated heterocycles. The molecule has 2 N–H and O–H groups in total. The molecule has 2 amide bonds. The highest BCUT2D eigenvalue weighted by Crippen LogP contribution is 2.23. The largest absolute Gasteiger partial charge is 0.355 e. The molecule has 0 atom stereocenters. The van der Waals surface area contributed by atoms with E-state index in [4.69, 9.17) is 11.6 Å². The summed E-state index contributed by atoms with van der Waals surface area (Å²) in [7, 11) is 1.51. The molecule has 1 aromatic carbocycles. The van der Waals surface area contributed by atoms with Gasteiger partial charge < -0.3 is 10.6 Å². The van der Waals surface area contributed by atoms with Gasteiger partial charge in [-0.05, 0) is 30.7 Å². The third-order valence-electron chi connectivity index (χ3n) is 3.24. The second kappa shape index (κ2) is 7.74. The number of aromatic nitrogens is 2. The second-order valence-corrected chi connectivity index (χ2v) is 5.42. The number of aryl methyl sites for hydroxylation is 1. The minimum Gasteiger partial charge on any atom is -0.355 e. The van der Waals surface area contributed by atoms with Gasteiger partial charge in [-0.3, -0.25) is 14.4 Å². The molecular weight excluding hydrogens is 332 g/mol. The first-order valence-electron chi connectivity index (χ1n) is 7.37. The van der Waals surface area contributed by atoms with Crippen LogP contribution in [-0.4, -0.2) is 28.6 Å². The van der Waals surface area contributed by atoms with Crippen molar-refractivity contribution in [3.05, 3.63) is 57.0 Å². The molecule has 0 aliphatic heterocycles. The summed E-state index contributed by atoms with van der Waals surface area (Å²) in [5, 5.41) is 9.42. The average Bonchev–Trinajstić information content (AvgIpc) is 2.58. The fourth-order valence-electron chi connectivity index (χ4n) is 2.04. The van der Waals surface area contributed by atoms with E-state index in [0.29, 0.717) is 12.1 Å². The number of anilines is 1. The zero-order valence-electron chi connectivity index (χ0n) is 13.3. The first kappa shape index (κ1) is 17.7. The Bertz CT molecular complexity index is 832. The quantitative estimate of drug-likeness (QED) is 0.863. The number of nitrogens with zero attached hydrogens (tertiary/aromatic N) is 2. The van der Waals surface area contributed by atoms with Gasteiger partial charge in [0.25, 0.3) is 17.4 Å². The van der Waals surface area contributed by atoms with Crippen LogP contribution in [0.2, 0.25) is 5.02 Å². The van der Waals surface area contributed by atoms with Crippen LogP contribution >= 0.6 is 11.6 Å². The van der Waals surface area contributed by atoms with E-state index in [1.807, 2.05) is 6.92 Å². The van der Waals surface area contributed by atoms with Crippen molar-refractivity contribution in [1.29, 1.82) is 0 Å². The minimum atomic E-state index is -0.518. The zero-order valence-corrected chi connectivity index (χ0v) is 14.1. The van der Waals surface area contributed by atoms with Crippen LogP contribution in [0.4, 0.5) is 5.69 Å². The Labute approximate surface area is 143 Å². The maximum atomic E-state index is 12.3. The van der Waals surface area contributed by atoms with Crippen molar-refractivity contribution in [2.75, 3.05) is 12.4 Å². The number of halogens is 1. The van der Waals surface area contributed by atoms with Gasteiger partial charge >= 0.3 is 0 Å². The number of nitrogens with one attached hydrogen (secondary N) is 2. The molecule has 1 heterocycles. The lowest BCUT2D eigenvalue weighted by atomic mass is 10.2. The smallest absolute Gasteiger partial charge is 0.276 e. The van der Waals surface area contributed by atoms with Crippen molar-refractivity contribution in [2.24, 2.45) is 0 Å². The molecule has 0 radical (unpaired) electrons. The van der Waals surface area contributed by atoms with E-state index in [-0.39, 0.29) is 27.9 Å². The predicted molar refractivity (Wildman–Crippen MR) is 91.6 cm³/mol. The highest BCUT2D eigenvalue weighted by molar-refractivity contribution is 6.34. The topological polar surface area (TPSA) is 93.1 Å². The van der Waals surface area contributed by atoms with Gasteiger partial charge in [-0.25, -0.2) is 4.68 Å². The van der Waals surface area contributed by atoms with Crippen LogP contribution in [0.15, 0.2) is 35.1 Å². The number of hydrogen-bond donors (Lipinski definition) is 2. The Hall–Kier alpha value is -2.67. The number of benzene rings is 1. The number of carbonyl (C=O) groups excluding carboxylic acids is 2. The first-order chi connectivity index (χ1) is 11.5. The summed E-state index contributed by atoms with van der Waals surface area (Å²) < 4.78 is 1.23. The highest BCUT2D eigenvalue weighted by Gasteiger charge is 2.13. The summed E-state index contributed by atoms with van der Waals surface area (Å²) in [6, 6.07) is 7.19. The minimum absolute atomic E-state index is 0.0875. The molecule has 7 nitrogen and oxygen atoms in total. The highest BCUT2D eigenvalue weighted by atomic mass is 35.5. The molecular formula is C16H17ClN4O3. The van der Waals surface area contributed by atoms with E-state index in [1.54, 1.807) is 6.07 Å². The lowest BCUT2D eigenvalue weighted by molar-refractivity contribution is 0.0961. The van der Waals surface area contributed by atoms with Crippen LogP contribution in [-0.2, 0) is 6.54 Å². The molecule has 0 spiro atoms. The summed E-state index contributed by atoms with van der Waals surface area (Å²) in [4.78, 5) is 35.7. The zero-order chi connectivity index (χ0) is 17.7. The van der Waals surface area contributed by atoms with Crippen LogP contribution in [0.5, 0.6) is 0 Å². The average molecular weight is 349 g/mol. The van der Waals surface area contributed by atoms with Crippen LogP contribution in [0.3, 0.4) is 0 Å². The Morgan fingerprint density at radius 2 is 1.96 bits per heavy atom. The van der Waals surface area contributed by atoms with E-state index in [9.17, 15) is 14.4 Å². The third kappa shape index (κ3) is 3.99. The monoisotopic (exact) mass is 348 g/mol. The summed E-state index contributed by atoms with van der Waals surface area (Å²) in [6.07, 6.45) is 0.720. The van der Waals surface area contributed by atoms with Gasteiger partial charge in [-0.2, -0.15) is 5.10 Å². The molecule has 0 fully saturated rings. The van der Waals surface area contributed by atoms with Gasteiger partial charge in [0, 0.05) is 25.2 Å². The molecule has 2 aromatic rings. The SMILES string of the molecule is CCCn1nc(C(=O)Nc2cc(C(=O)NC)ccc2Cl)ccc1=O. The molecule has 0 aliphatic carbocycles. The Kier molecular flexibility index (Phi) is 5.70. The summed E-state index contributed by atoms with van der Waals surface area (Å²) in [5.41, 5.74) is 0.469. The number of amides is 2. The maximum Gasteiger partial charge on any atom is 0.276 e. The molecule has 1 aromatic heterocycles. The van der Waals surface area contributed by atoms with Crippen molar-refractivity contribution >= 4 is 29.1 Å². The molecule has 126 valence electrons. The predicted octanol–water partition coefficient (Wildman–Crippen LogP) is 1.92. The molecule has 0 saturated carbocycles. The van der Waals surface area contributed by atoms with Gasteiger partial charge in [0.1, 0.15) is 5.69 Å². The van der Waals surface area contributed by atoms with Gasteiger partial charge in [0.05, 0.1) is 10.7 Å². The van der Waals surface area contributed by atoms with Crippen molar-refractivity contribution in [2.45, 2.75) is 19.9 Å². The van der Waals surface area contributed by atoms with E-state index in [1.165, 1.54) is 36.0 Å². The summed E-state index contributed by atoms with van der Waals surface area (Å²) in [5.74, 6) is -0.812. The fourth-order valence-corrected chi connectivity index (χ4v) is 2.20. The molecule has 8 heteroatoms. The maximum absolute atomic E-state index is 12.3. The van der Waals surface area contributed by atoms with Crippen LogP contribution in [0, 0.1) is 0 Å². The molecule has 0 aliphatic rings. The Morgan fingerprint density at radius 1 is 1.21 bits per heavy atom. The van der Waals surface area contributed by atoms with Crippen molar-refractivity contribution in [3.8, 4) is 0 Å². The Morgan fingerprint density at radius 3 is 2.62 bits per heavy atom.